The Bertz CT molecular complexity index is 430. The SMILES string of the molecule is O=C(CN1CCC(Nc2ccccc2)C1)NC1CC1. The Kier molecular flexibility index (Phi) is 3.69. The number of likely N-dealkylation sites (tertiary alicyclic amines) is 1. The first-order valence-electron chi connectivity index (χ1n) is 7.13. The molecule has 19 heavy (non-hydrogen) atoms. The van der Waals surface area contributed by atoms with Gasteiger partial charge in [-0.2, -0.15) is 0 Å². The lowest BCUT2D eigenvalue weighted by atomic mass is 10.2. The number of nitrogens with zero attached hydrogens (tertiary/aromatic N) is 1. The van der Waals surface area contributed by atoms with Crippen molar-refractivity contribution in [1.82, 2.24) is 10.2 Å². The summed E-state index contributed by atoms with van der Waals surface area (Å²) in [6.07, 6.45) is 3.42. The zero-order valence-corrected chi connectivity index (χ0v) is 11.1. The number of amides is 1. The molecule has 1 heterocycles. The van der Waals surface area contributed by atoms with Gasteiger partial charge >= 0.3 is 0 Å². The highest BCUT2D eigenvalue weighted by molar-refractivity contribution is 5.78. The van der Waals surface area contributed by atoms with E-state index in [9.17, 15) is 4.79 Å². The van der Waals surface area contributed by atoms with Crippen LogP contribution in [0.25, 0.3) is 0 Å². The highest BCUT2D eigenvalue weighted by Crippen LogP contribution is 2.19. The summed E-state index contributed by atoms with van der Waals surface area (Å²) in [4.78, 5) is 14.0. The van der Waals surface area contributed by atoms with Crippen LogP contribution >= 0.6 is 0 Å². The van der Waals surface area contributed by atoms with Gasteiger partial charge in [0.1, 0.15) is 0 Å². The maximum absolute atomic E-state index is 11.7. The van der Waals surface area contributed by atoms with Gasteiger partial charge in [0.05, 0.1) is 6.54 Å². The zero-order chi connectivity index (χ0) is 13.1. The second-order valence-corrected chi connectivity index (χ2v) is 5.57. The molecule has 0 radical (unpaired) electrons. The number of hydrogen-bond acceptors (Lipinski definition) is 3. The number of rotatable bonds is 5. The Morgan fingerprint density at radius 3 is 2.68 bits per heavy atom. The fourth-order valence-corrected chi connectivity index (χ4v) is 2.57. The van der Waals surface area contributed by atoms with Crippen LogP contribution in [-0.2, 0) is 4.79 Å². The first-order valence-corrected chi connectivity index (χ1v) is 7.13. The smallest absolute Gasteiger partial charge is 0.234 e. The van der Waals surface area contributed by atoms with Crippen molar-refractivity contribution >= 4 is 11.6 Å². The summed E-state index contributed by atoms with van der Waals surface area (Å²) in [6.45, 7) is 2.50. The van der Waals surface area contributed by atoms with Gasteiger partial charge in [0, 0.05) is 30.9 Å². The van der Waals surface area contributed by atoms with Crippen molar-refractivity contribution in [2.75, 3.05) is 25.0 Å². The molecule has 3 rings (SSSR count). The Balaban J connectivity index is 1.43. The molecule has 1 aliphatic heterocycles. The van der Waals surface area contributed by atoms with Crippen LogP contribution in [0, 0.1) is 0 Å². The van der Waals surface area contributed by atoms with Crippen LogP contribution in [0.5, 0.6) is 0 Å². The molecule has 0 aromatic heterocycles. The lowest BCUT2D eigenvalue weighted by Gasteiger charge is -2.17. The topological polar surface area (TPSA) is 44.4 Å². The maximum atomic E-state index is 11.7. The van der Waals surface area contributed by atoms with E-state index in [1.165, 1.54) is 0 Å². The van der Waals surface area contributed by atoms with Crippen LogP contribution in [0.3, 0.4) is 0 Å². The fourth-order valence-electron chi connectivity index (χ4n) is 2.57. The molecule has 1 aromatic carbocycles. The molecule has 1 atom stereocenters. The van der Waals surface area contributed by atoms with Crippen LogP contribution in [0.2, 0.25) is 0 Å². The molecule has 4 heteroatoms. The van der Waals surface area contributed by atoms with Crippen molar-refractivity contribution in [3.63, 3.8) is 0 Å². The van der Waals surface area contributed by atoms with E-state index in [2.05, 4.69) is 27.7 Å². The van der Waals surface area contributed by atoms with E-state index in [0.29, 0.717) is 18.6 Å². The molecular weight excluding hydrogens is 238 g/mol. The predicted molar refractivity (Wildman–Crippen MR) is 76.1 cm³/mol. The zero-order valence-electron chi connectivity index (χ0n) is 11.1. The van der Waals surface area contributed by atoms with Gasteiger partial charge in [-0.15, -0.1) is 0 Å². The van der Waals surface area contributed by atoms with Crippen LogP contribution in [0.4, 0.5) is 5.69 Å². The van der Waals surface area contributed by atoms with Crippen molar-refractivity contribution in [3.8, 4) is 0 Å². The van der Waals surface area contributed by atoms with Crippen molar-refractivity contribution in [2.45, 2.75) is 31.3 Å². The molecule has 1 saturated carbocycles. The average Bonchev–Trinajstić information content (AvgIpc) is 3.11. The minimum atomic E-state index is 0.183. The second kappa shape index (κ2) is 5.61. The molecule has 4 nitrogen and oxygen atoms in total. The van der Waals surface area contributed by atoms with E-state index < -0.39 is 0 Å². The third kappa shape index (κ3) is 3.70. The highest BCUT2D eigenvalue weighted by Gasteiger charge is 2.27. The van der Waals surface area contributed by atoms with Gasteiger partial charge in [0.15, 0.2) is 0 Å². The summed E-state index contributed by atoms with van der Waals surface area (Å²) >= 11 is 0. The maximum Gasteiger partial charge on any atom is 0.234 e. The van der Waals surface area contributed by atoms with E-state index >= 15 is 0 Å². The van der Waals surface area contributed by atoms with Crippen LogP contribution in [0.15, 0.2) is 30.3 Å². The normalized spacial score (nSPS) is 23.3. The van der Waals surface area contributed by atoms with Crippen LogP contribution < -0.4 is 10.6 Å². The lowest BCUT2D eigenvalue weighted by Crippen LogP contribution is -2.38. The van der Waals surface area contributed by atoms with Crippen LogP contribution in [0.1, 0.15) is 19.3 Å². The number of anilines is 1. The molecule has 1 saturated heterocycles. The first-order chi connectivity index (χ1) is 9.29. The Labute approximate surface area is 114 Å². The summed E-state index contributed by atoms with van der Waals surface area (Å²) in [6, 6.07) is 11.2. The van der Waals surface area contributed by atoms with Crippen molar-refractivity contribution in [2.24, 2.45) is 0 Å². The number of nitrogens with one attached hydrogen (secondary N) is 2. The molecule has 102 valence electrons. The second-order valence-electron chi connectivity index (χ2n) is 5.57. The van der Waals surface area contributed by atoms with Gasteiger partial charge in [-0.25, -0.2) is 0 Å². The molecule has 0 spiro atoms. The third-order valence-corrected chi connectivity index (χ3v) is 3.73. The molecule has 2 fully saturated rings. The number of benzene rings is 1. The molecule has 1 aromatic rings. The average molecular weight is 259 g/mol. The van der Waals surface area contributed by atoms with Gasteiger partial charge in [-0.05, 0) is 31.4 Å². The van der Waals surface area contributed by atoms with Gasteiger partial charge in [-0.1, -0.05) is 18.2 Å². The summed E-state index contributed by atoms with van der Waals surface area (Å²) in [5.41, 5.74) is 1.16. The number of hydrogen-bond donors (Lipinski definition) is 2. The molecule has 1 aliphatic carbocycles. The monoisotopic (exact) mass is 259 g/mol. The standard InChI is InChI=1S/C15H21N3O/c19-15(17-13-6-7-13)11-18-9-8-14(10-18)16-12-4-2-1-3-5-12/h1-5,13-14,16H,6-11H2,(H,17,19). The third-order valence-electron chi connectivity index (χ3n) is 3.73. The summed E-state index contributed by atoms with van der Waals surface area (Å²) in [7, 11) is 0. The van der Waals surface area contributed by atoms with E-state index in [4.69, 9.17) is 0 Å². The minimum Gasteiger partial charge on any atom is -0.381 e. The Hall–Kier alpha value is -1.55. The fraction of sp³-hybridized carbons (Fsp3) is 0.533. The molecule has 2 N–H and O–H groups in total. The Morgan fingerprint density at radius 1 is 1.16 bits per heavy atom. The summed E-state index contributed by atoms with van der Waals surface area (Å²) in [5, 5.41) is 6.57. The summed E-state index contributed by atoms with van der Waals surface area (Å²) in [5.74, 6) is 0.183. The van der Waals surface area contributed by atoms with Gasteiger partial charge < -0.3 is 10.6 Å². The summed E-state index contributed by atoms with van der Waals surface area (Å²) < 4.78 is 0. The van der Waals surface area contributed by atoms with Gasteiger partial charge in [0.2, 0.25) is 5.91 Å². The molecule has 1 amide bonds. The predicted octanol–water partition coefficient (Wildman–Crippen LogP) is 1.45. The highest BCUT2D eigenvalue weighted by atomic mass is 16.2. The van der Waals surface area contributed by atoms with E-state index in [1.54, 1.807) is 0 Å². The van der Waals surface area contributed by atoms with E-state index in [0.717, 1.165) is 38.0 Å². The van der Waals surface area contributed by atoms with Gasteiger partial charge in [0.25, 0.3) is 0 Å². The van der Waals surface area contributed by atoms with Crippen molar-refractivity contribution < 1.29 is 4.79 Å². The molecule has 2 aliphatic rings. The number of carbonyl (C=O) groups is 1. The minimum absolute atomic E-state index is 0.183. The first kappa shape index (κ1) is 12.5. The van der Waals surface area contributed by atoms with Crippen LogP contribution in [-0.4, -0.2) is 42.5 Å². The van der Waals surface area contributed by atoms with E-state index in [1.807, 2.05) is 18.2 Å². The van der Waals surface area contributed by atoms with E-state index in [-0.39, 0.29) is 5.91 Å². The number of para-hydroxylation sites is 1. The largest absolute Gasteiger partial charge is 0.381 e. The van der Waals surface area contributed by atoms with Crippen molar-refractivity contribution in [3.05, 3.63) is 30.3 Å². The van der Waals surface area contributed by atoms with Crippen molar-refractivity contribution in [1.29, 1.82) is 0 Å². The number of carbonyl (C=O) groups excluding carboxylic acids is 1. The van der Waals surface area contributed by atoms with Gasteiger partial charge in [-0.3, -0.25) is 9.69 Å². The molecule has 1 unspecified atom stereocenters. The molecular formula is C15H21N3O. The quantitative estimate of drug-likeness (QED) is 0.841. The molecule has 0 bridgehead atoms. The lowest BCUT2D eigenvalue weighted by molar-refractivity contribution is -0.122. The Morgan fingerprint density at radius 2 is 1.95 bits per heavy atom.